The largest absolute Gasteiger partial charge is 0.316 e. The molecule has 1 heterocycles. The van der Waals surface area contributed by atoms with E-state index in [1.54, 1.807) is 0 Å². The van der Waals surface area contributed by atoms with Gasteiger partial charge < -0.3 is 5.32 Å². The molecule has 0 bridgehead atoms. The van der Waals surface area contributed by atoms with Crippen LogP contribution in [-0.2, 0) is 0 Å². The topological polar surface area (TPSA) is 24.9 Å². The summed E-state index contributed by atoms with van der Waals surface area (Å²) in [4.78, 5) is 4.11. The Bertz CT molecular complexity index is 291. The third kappa shape index (κ3) is 2.82. The summed E-state index contributed by atoms with van der Waals surface area (Å²) >= 11 is 0. The van der Waals surface area contributed by atoms with Crippen molar-refractivity contribution in [1.29, 1.82) is 0 Å². The number of pyridine rings is 1. The molecule has 1 unspecified atom stereocenters. The van der Waals surface area contributed by atoms with Crippen LogP contribution in [-0.4, -0.2) is 18.1 Å². The molecular weight excluding hydrogens is 196 g/mol. The highest BCUT2D eigenvalue weighted by atomic mass is 14.8. The van der Waals surface area contributed by atoms with Crippen LogP contribution in [0.3, 0.4) is 0 Å². The van der Waals surface area contributed by atoms with Gasteiger partial charge >= 0.3 is 0 Å². The fraction of sp³-hybridized carbons (Fsp3) is 0.643. The monoisotopic (exact) mass is 218 g/mol. The number of nitrogens with one attached hydrogen (secondary N) is 1. The van der Waals surface area contributed by atoms with E-state index in [9.17, 15) is 0 Å². The average molecular weight is 218 g/mol. The molecule has 1 atom stereocenters. The summed E-state index contributed by atoms with van der Waals surface area (Å²) in [6.45, 7) is 4.36. The SMILES string of the molecule is CCNCC(c1ccncc1)C1CCCC1. The van der Waals surface area contributed by atoms with E-state index in [-0.39, 0.29) is 0 Å². The third-order valence-corrected chi connectivity index (χ3v) is 3.72. The van der Waals surface area contributed by atoms with Crippen LogP contribution in [0.2, 0.25) is 0 Å². The van der Waals surface area contributed by atoms with Gasteiger partial charge in [0.05, 0.1) is 0 Å². The van der Waals surface area contributed by atoms with Crippen molar-refractivity contribution < 1.29 is 0 Å². The minimum absolute atomic E-state index is 0.686. The fourth-order valence-corrected chi connectivity index (χ4v) is 2.83. The van der Waals surface area contributed by atoms with Gasteiger partial charge in [-0.15, -0.1) is 0 Å². The molecule has 1 saturated carbocycles. The molecule has 2 heteroatoms. The minimum atomic E-state index is 0.686. The molecule has 0 radical (unpaired) electrons. The molecule has 1 aromatic rings. The molecule has 1 fully saturated rings. The van der Waals surface area contributed by atoms with Crippen LogP contribution in [0.1, 0.15) is 44.1 Å². The molecule has 88 valence electrons. The van der Waals surface area contributed by atoms with E-state index >= 15 is 0 Å². The van der Waals surface area contributed by atoms with Crippen LogP contribution >= 0.6 is 0 Å². The predicted molar refractivity (Wildman–Crippen MR) is 67.5 cm³/mol. The first-order valence-corrected chi connectivity index (χ1v) is 6.52. The van der Waals surface area contributed by atoms with E-state index in [1.807, 2.05) is 12.4 Å². The van der Waals surface area contributed by atoms with Crippen molar-refractivity contribution in [3.63, 3.8) is 0 Å². The lowest BCUT2D eigenvalue weighted by Gasteiger charge is -2.24. The number of hydrogen-bond donors (Lipinski definition) is 1. The van der Waals surface area contributed by atoms with Crippen LogP contribution in [0.4, 0.5) is 0 Å². The summed E-state index contributed by atoms with van der Waals surface area (Å²) in [5.41, 5.74) is 1.46. The second-order valence-corrected chi connectivity index (χ2v) is 4.74. The van der Waals surface area contributed by atoms with Gasteiger partial charge in [0.15, 0.2) is 0 Å². The average Bonchev–Trinajstić information content (AvgIpc) is 2.85. The van der Waals surface area contributed by atoms with Crippen LogP contribution in [0, 0.1) is 5.92 Å². The Balaban J connectivity index is 2.07. The highest BCUT2D eigenvalue weighted by molar-refractivity contribution is 5.17. The van der Waals surface area contributed by atoms with Crippen LogP contribution < -0.4 is 5.32 Å². The molecule has 0 aliphatic heterocycles. The summed E-state index contributed by atoms with van der Waals surface area (Å²) in [5, 5.41) is 3.50. The first-order valence-electron chi connectivity index (χ1n) is 6.52. The molecule has 0 aromatic carbocycles. The lowest BCUT2D eigenvalue weighted by Crippen LogP contribution is -2.25. The molecule has 2 nitrogen and oxygen atoms in total. The second-order valence-electron chi connectivity index (χ2n) is 4.74. The van der Waals surface area contributed by atoms with E-state index in [0.717, 1.165) is 19.0 Å². The van der Waals surface area contributed by atoms with Crippen molar-refractivity contribution in [2.45, 2.75) is 38.5 Å². The highest BCUT2D eigenvalue weighted by Crippen LogP contribution is 2.36. The van der Waals surface area contributed by atoms with E-state index < -0.39 is 0 Å². The van der Waals surface area contributed by atoms with Crippen molar-refractivity contribution in [2.24, 2.45) is 5.92 Å². The van der Waals surface area contributed by atoms with Gasteiger partial charge in [0, 0.05) is 18.9 Å². The van der Waals surface area contributed by atoms with Crippen molar-refractivity contribution in [3.05, 3.63) is 30.1 Å². The third-order valence-electron chi connectivity index (χ3n) is 3.72. The maximum Gasteiger partial charge on any atom is 0.0270 e. The summed E-state index contributed by atoms with van der Waals surface area (Å²) < 4.78 is 0. The lowest BCUT2D eigenvalue weighted by atomic mass is 9.85. The maximum absolute atomic E-state index is 4.11. The number of hydrogen-bond acceptors (Lipinski definition) is 2. The Morgan fingerprint density at radius 3 is 2.62 bits per heavy atom. The molecule has 0 spiro atoms. The normalized spacial score (nSPS) is 18.8. The number of aromatic nitrogens is 1. The van der Waals surface area contributed by atoms with E-state index in [4.69, 9.17) is 0 Å². The Morgan fingerprint density at radius 2 is 2.00 bits per heavy atom. The minimum Gasteiger partial charge on any atom is -0.316 e. The van der Waals surface area contributed by atoms with Gasteiger partial charge in [-0.25, -0.2) is 0 Å². The van der Waals surface area contributed by atoms with Crippen molar-refractivity contribution in [1.82, 2.24) is 10.3 Å². The molecule has 2 rings (SSSR count). The Morgan fingerprint density at radius 1 is 1.31 bits per heavy atom. The van der Waals surface area contributed by atoms with Gasteiger partial charge in [0.2, 0.25) is 0 Å². The molecular formula is C14H22N2. The van der Waals surface area contributed by atoms with Crippen molar-refractivity contribution in [2.75, 3.05) is 13.1 Å². The Hall–Kier alpha value is -0.890. The quantitative estimate of drug-likeness (QED) is 0.822. The number of rotatable bonds is 5. The van der Waals surface area contributed by atoms with Crippen LogP contribution in [0.25, 0.3) is 0 Å². The second kappa shape index (κ2) is 6.00. The molecule has 0 amide bonds. The summed E-state index contributed by atoms with van der Waals surface area (Å²) in [6.07, 6.45) is 9.47. The van der Waals surface area contributed by atoms with Gasteiger partial charge in [0.1, 0.15) is 0 Å². The first-order chi connectivity index (χ1) is 7.92. The molecule has 0 saturated heterocycles. The number of likely N-dealkylation sites (N-methyl/N-ethyl adjacent to an activating group) is 1. The maximum atomic E-state index is 4.11. The molecule has 1 N–H and O–H groups in total. The van der Waals surface area contributed by atoms with Gasteiger partial charge in [-0.05, 0) is 48.9 Å². The lowest BCUT2D eigenvalue weighted by molar-refractivity contribution is 0.414. The summed E-state index contributed by atoms with van der Waals surface area (Å²) in [6, 6.07) is 4.36. The van der Waals surface area contributed by atoms with E-state index in [2.05, 4.69) is 29.4 Å². The fourth-order valence-electron chi connectivity index (χ4n) is 2.83. The zero-order valence-electron chi connectivity index (χ0n) is 10.2. The van der Waals surface area contributed by atoms with Crippen LogP contribution in [0.15, 0.2) is 24.5 Å². The molecule has 16 heavy (non-hydrogen) atoms. The highest BCUT2D eigenvalue weighted by Gasteiger charge is 2.25. The summed E-state index contributed by atoms with van der Waals surface area (Å²) in [5.74, 6) is 1.56. The van der Waals surface area contributed by atoms with Gasteiger partial charge in [-0.2, -0.15) is 0 Å². The van der Waals surface area contributed by atoms with Crippen molar-refractivity contribution >= 4 is 0 Å². The summed E-state index contributed by atoms with van der Waals surface area (Å²) in [7, 11) is 0. The van der Waals surface area contributed by atoms with E-state index in [0.29, 0.717) is 5.92 Å². The zero-order valence-corrected chi connectivity index (χ0v) is 10.2. The van der Waals surface area contributed by atoms with E-state index in [1.165, 1.54) is 31.2 Å². The predicted octanol–water partition coefficient (Wildman–Crippen LogP) is 2.96. The standard InChI is InChI=1S/C14H22N2/c1-2-15-11-14(12-5-3-4-6-12)13-7-9-16-10-8-13/h7-10,12,14-15H,2-6,11H2,1H3. The van der Waals surface area contributed by atoms with Gasteiger partial charge in [-0.1, -0.05) is 19.8 Å². The Kier molecular flexibility index (Phi) is 4.34. The Labute approximate surface area is 98.5 Å². The molecule has 1 aliphatic carbocycles. The van der Waals surface area contributed by atoms with Crippen molar-refractivity contribution in [3.8, 4) is 0 Å². The first kappa shape index (κ1) is 11.6. The molecule has 1 aromatic heterocycles. The van der Waals surface area contributed by atoms with Gasteiger partial charge in [0.25, 0.3) is 0 Å². The zero-order chi connectivity index (χ0) is 11.2. The number of nitrogens with zero attached hydrogens (tertiary/aromatic N) is 1. The van der Waals surface area contributed by atoms with Crippen LogP contribution in [0.5, 0.6) is 0 Å². The van der Waals surface area contributed by atoms with Gasteiger partial charge in [-0.3, -0.25) is 4.98 Å². The molecule has 1 aliphatic rings. The smallest absolute Gasteiger partial charge is 0.0270 e.